The van der Waals surface area contributed by atoms with Gasteiger partial charge in [-0.05, 0) is 48.9 Å². The van der Waals surface area contributed by atoms with Crippen molar-refractivity contribution in [3.63, 3.8) is 0 Å². The number of hydrogen-bond acceptors (Lipinski definition) is 6. The molecule has 2 N–H and O–H groups in total. The lowest BCUT2D eigenvalue weighted by molar-refractivity contribution is 0.433. The molecule has 2 heterocycles. The SMILES string of the molecule is N#Cc1ccc(N2CCCN(S(=O)(=O)c3ccc4[nH]c(=O)[nH]c(=O)c4c3)CC2)cc1. The number of nitriles is 1. The molecule has 1 saturated heterocycles. The standard InChI is InChI=1S/C20H19N5O4S/c21-13-14-2-4-15(5-3-14)24-8-1-9-25(11-10-24)30(28,29)16-6-7-18-17(12-16)19(26)23-20(27)22-18/h2-7,12H,1,8-11H2,(H2,22,23,26,27). The number of nitrogens with one attached hydrogen (secondary N) is 2. The maximum atomic E-state index is 13.2. The van der Waals surface area contributed by atoms with Gasteiger partial charge < -0.3 is 9.88 Å². The molecular weight excluding hydrogens is 406 g/mol. The molecule has 9 nitrogen and oxygen atoms in total. The van der Waals surface area contributed by atoms with Gasteiger partial charge in [-0.25, -0.2) is 13.2 Å². The fraction of sp³-hybridized carbons (Fsp3) is 0.250. The van der Waals surface area contributed by atoms with Crippen molar-refractivity contribution in [2.45, 2.75) is 11.3 Å². The Morgan fingerprint density at radius 2 is 1.70 bits per heavy atom. The fourth-order valence-electron chi connectivity index (χ4n) is 3.59. The zero-order valence-electron chi connectivity index (χ0n) is 16.0. The first kappa shape index (κ1) is 19.9. The van der Waals surface area contributed by atoms with Crippen LogP contribution in [0.2, 0.25) is 0 Å². The highest BCUT2D eigenvalue weighted by molar-refractivity contribution is 7.89. The molecule has 0 radical (unpaired) electrons. The monoisotopic (exact) mass is 425 g/mol. The number of aromatic amines is 2. The normalized spacial score (nSPS) is 15.6. The lowest BCUT2D eigenvalue weighted by Gasteiger charge is -2.23. The Bertz CT molecular complexity index is 1350. The number of anilines is 1. The molecule has 1 aliphatic heterocycles. The number of benzene rings is 2. The molecule has 0 bridgehead atoms. The first-order valence-electron chi connectivity index (χ1n) is 9.40. The molecule has 0 atom stereocenters. The minimum atomic E-state index is -3.80. The van der Waals surface area contributed by atoms with Crippen molar-refractivity contribution in [2.75, 3.05) is 31.1 Å². The summed E-state index contributed by atoms with van der Waals surface area (Å²) in [6, 6.07) is 13.4. The second-order valence-electron chi connectivity index (χ2n) is 7.02. The smallest absolute Gasteiger partial charge is 0.326 e. The van der Waals surface area contributed by atoms with E-state index >= 15 is 0 Å². The highest BCUT2D eigenvalue weighted by Gasteiger charge is 2.27. The van der Waals surface area contributed by atoms with Crippen molar-refractivity contribution in [2.24, 2.45) is 0 Å². The number of rotatable bonds is 3. The summed E-state index contributed by atoms with van der Waals surface area (Å²) in [5.74, 6) is 0. The van der Waals surface area contributed by atoms with E-state index in [4.69, 9.17) is 5.26 Å². The van der Waals surface area contributed by atoms with Crippen molar-refractivity contribution < 1.29 is 8.42 Å². The van der Waals surface area contributed by atoms with Crippen LogP contribution in [0.3, 0.4) is 0 Å². The van der Waals surface area contributed by atoms with Gasteiger partial charge in [-0.3, -0.25) is 9.78 Å². The molecule has 10 heteroatoms. The molecule has 2 aromatic carbocycles. The molecule has 3 aromatic rings. The minimum Gasteiger partial charge on any atom is -0.370 e. The number of H-pyrrole nitrogens is 2. The molecule has 0 spiro atoms. The van der Waals surface area contributed by atoms with Crippen LogP contribution in [-0.2, 0) is 10.0 Å². The number of nitrogens with zero attached hydrogens (tertiary/aromatic N) is 3. The summed E-state index contributed by atoms with van der Waals surface area (Å²) in [5, 5.41) is 9.05. The predicted molar refractivity (Wildman–Crippen MR) is 112 cm³/mol. The van der Waals surface area contributed by atoms with Gasteiger partial charge in [0, 0.05) is 31.9 Å². The first-order chi connectivity index (χ1) is 14.4. The van der Waals surface area contributed by atoms with Gasteiger partial charge in [-0.1, -0.05) is 0 Å². The highest BCUT2D eigenvalue weighted by Crippen LogP contribution is 2.22. The van der Waals surface area contributed by atoms with Gasteiger partial charge in [0.05, 0.1) is 27.4 Å². The zero-order valence-corrected chi connectivity index (χ0v) is 16.8. The number of sulfonamides is 1. The molecule has 0 aliphatic carbocycles. The van der Waals surface area contributed by atoms with E-state index < -0.39 is 21.3 Å². The Morgan fingerprint density at radius 1 is 0.933 bits per heavy atom. The molecule has 30 heavy (non-hydrogen) atoms. The summed E-state index contributed by atoms with van der Waals surface area (Å²) in [4.78, 5) is 30.1. The molecule has 154 valence electrons. The summed E-state index contributed by atoms with van der Waals surface area (Å²) in [6.45, 7) is 1.85. The quantitative estimate of drug-likeness (QED) is 0.644. The second-order valence-corrected chi connectivity index (χ2v) is 8.96. The molecule has 0 saturated carbocycles. The summed E-state index contributed by atoms with van der Waals surface area (Å²) in [6.07, 6.45) is 0.640. The number of hydrogen-bond donors (Lipinski definition) is 2. The molecule has 0 unspecified atom stereocenters. The van der Waals surface area contributed by atoms with Crippen molar-refractivity contribution in [1.29, 1.82) is 5.26 Å². The second kappa shape index (κ2) is 7.78. The Morgan fingerprint density at radius 3 is 2.43 bits per heavy atom. The van der Waals surface area contributed by atoms with Crippen LogP contribution in [-0.4, -0.2) is 48.9 Å². The van der Waals surface area contributed by atoms with Crippen LogP contribution in [0.5, 0.6) is 0 Å². The van der Waals surface area contributed by atoms with E-state index in [1.54, 1.807) is 12.1 Å². The summed E-state index contributed by atoms with van der Waals surface area (Å²) >= 11 is 0. The van der Waals surface area contributed by atoms with Crippen molar-refractivity contribution >= 4 is 26.6 Å². The van der Waals surface area contributed by atoms with Crippen LogP contribution in [0.1, 0.15) is 12.0 Å². The molecular formula is C20H19N5O4S. The van der Waals surface area contributed by atoms with Gasteiger partial charge in [0.25, 0.3) is 5.56 Å². The van der Waals surface area contributed by atoms with Gasteiger partial charge >= 0.3 is 5.69 Å². The number of aromatic nitrogens is 2. The van der Waals surface area contributed by atoms with Gasteiger partial charge in [0.1, 0.15) is 0 Å². The van der Waals surface area contributed by atoms with Crippen LogP contribution in [0.4, 0.5) is 5.69 Å². The van der Waals surface area contributed by atoms with Crippen LogP contribution in [0.15, 0.2) is 56.9 Å². The minimum absolute atomic E-state index is 0.0133. The van der Waals surface area contributed by atoms with Crippen LogP contribution in [0, 0.1) is 11.3 Å². The third-order valence-corrected chi connectivity index (χ3v) is 7.06. The van der Waals surface area contributed by atoms with E-state index in [1.165, 1.54) is 22.5 Å². The van der Waals surface area contributed by atoms with E-state index in [-0.39, 0.29) is 15.8 Å². The van der Waals surface area contributed by atoms with E-state index in [9.17, 15) is 18.0 Å². The van der Waals surface area contributed by atoms with Crippen molar-refractivity contribution in [3.8, 4) is 6.07 Å². The first-order valence-corrected chi connectivity index (χ1v) is 10.8. The predicted octanol–water partition coefficient (Wildman–Crippen LogP) is 0.989. The third-order valence-electron chi connectivity index (χ3n) is 5.17. The Hall–Kier alpha value is -3.42. The largest absolute Gasteiger partial charge is 0.370 e. The molecule has 1 fully saturated rings. The fourth-order valence-corrected chi connectivity index (χ4v) is 5.09. The van der Waals surface area contributed by atoms with E-state index in [0.717, 1.165) is 5.69 Å². The Labute approximate surface area is 172 Å². The Kier molecular flexibility index (Phi) is 5.15. The van der Waals surface area contributed by atoms with Crippen molar-refractivity contribution in [3.05, 3.63) is 68.9 Å². The zero-order chi connectivity index (χ0) is 21.3. The highest BCUT2D eigenvalue weighted by atomic mass is 32.2. The van der Waals surface area contributed by atoms with Crippen LogP contribution < -0.4 is 16.1 Å². The van der Waals surface area contributed by atoms with Crippen LogP contribution in [0.25, 0.3) is 10.9 Å². The molecule has 0 amide bonds. The average Bonchev–Trinajstić information content (AvgIpc) is 3.00. The molecule has 1 aromatic heterocycles. The average molecular weight is 425 g/mol. The Balaban J connectivity index is 1.59. The van der Waals surface area contributed by atoms with E-state index in [2.05, 4.69) is 20.9 Å². The van der Waals surface area contributed by atoms with E-state index in [1.807, 2.05) is 12.1 Å². The van der Waals surface area contributed by atoms with Crippen molar-refractivity contribution in [1.82, 2.24) is 14.3 Å². The van der Waals surface area contributed by atoms with Gasteiger partial charge in [0.2, 0.25) is 10.0 Å². The van der Waals surface area contributed by atoms with Gasteiger partial charge in [-0.15, -0.1) is 0 Å². The summed E-state index contributed by atoms with van der Waals surface area (Å²) < 4.78 is 27.8. The lowest BCUT2D eigenvalue weighted by Crippen LogP contribution is -2.35. The third kappa shape index (κ3) is 3.72. The molecule has 1 aliphatic rings. The summed E-state index contributed by atoms with van der Waals surface area (Å²) in [7, 11) is -3.80. The maximum absolute atomic E-state index is 13.2. The number of fused-ring (bicyclic) bond motifs is 1. The lowest BCUT2D eigenvalue weighted by atomic mass is 10.2. The van der Waals surface area contributed by atoms with Gasteiger partial charge in [-0.2, -0.15) is 9.57 Å². The van der Waals surface area contributed by atoms with E-state index in [0.29, 0.717) is 38.2 Å². The topological polar surface area (TPSA) is 130 Å². The van der Waals surface area contributed by atoms with Gasteiger partial charge in [0.15, 0.2) is 0 Å². The molecule has 4 rings (SSSR count). The van der Waals surface area contributed by atoms with Crippen LogP contribution >= 0.6 is 0 Å². The maximum Gasteiger partial charge on any atom is 0.326 e. The summed E-state index contributed by atoms with van der Waals surface area (Å²) in [5.41, 5.74) is 0.526.